The highest BCUT2D eigenvalue weighted by Gasteiger charge is 2.21. The van der Waals surface area contributed by atoms with Gasteiger partial charge in [0.15, 0.2) is 11.5 Å². The number of esters is 2. The lowest BCUT2D eigenvalue weighted by molar-refractivity contribution is -0.153. The van der Waals surface area contributed by atoms with Gasteiger partial charge in [-0.15, -0.1) is 0 Å². The molecule has 0 aliphatic heterocycles. The van der Waals surface area contributed by atoms with E-state index in [1.165, 1.54) is 12.1 Å². The Morgan fingerprint density at radius 1 is 1.13 bits per heavy atom. The number of phenols is 1. The molecule has 0 aliphatic rings. The van der Waals surface area contributed by atoms with E-state index in [2.05, 4.69) is 5.32 Å². The number of likely N-dealkylation sites (N-methyl/N-ethyl adjacent to an activating group) is 1. The van der Waals surface area contributed by atoms with Crippen molar-refractivity contribution < 1.29 is 24.2 Å². The first kappa shape index (κ1) is 19.0. The standard InChI is InChI=1S/C17H25NO5/c1-10(2)16(20)22-14-8-12(6-7-13(14)19)15(9-18-5)23-17(21)11(3)4/h6-8,10-11,15,18-19H,9H2,1-5H3. The predicted molar refractivity (Wildman–Crippen MR) is 86.2 cm³/mol. The Hall–Kier alpha value is -2.08. The van der Waals surface area contributed by atoms with Crippen LogP contribution in [-0.2, 0) is 14.3 Å². The summed E-state index contributed by atoms with van der Waals surface area (Å²) in [6, 6.07) is 4.58. The molecule has 1 rings (SSSR count). The molecule has 0 amide bonds. The van der Waals surface area contributed by atoms with Crippen LogP contribution in [0.3, 0.4) is 0 Å². The highest BCUT2D eigenvalue weighted by Crippen LogP contribution is 2.31. The van der Waals surface area contributed by atoms with Crippen LogP contribution in [-0.4, -0.2) is 30.6 Å². The van der Waals surface area contributed by atoms with Crippen LogP contribution in [0.1, 0.15) is 39.4 Å². The quantitative estimate of drug-likeness (QED) is 0.592. The van der Waals surface area contributed by atoms with Crippen molar-refractivity contribution in [3.8, 4) is 11.5 Å². The minimum absolute atomic E-state index is 0.0582. The summed E-state index contributed by atoms with van der Waals surface area (Å²) in [5.74, 6) is -1.40. The van der Waals surface area contributed by atoms with Crippen molar-refractivity contribution in [3.63, 3.8) is 0 Å². The van der Waals surface area contributed by atoms with E-state index in [4.69, 9.17) is 9.47 Å². The predicted octanol–water partition coefficient (Wildman–Crippen LogP) is 2.41. The molecule has 2 N–H and O–H groups in total. The number of carbonyl (C=O) groups excluding carboxylic acids is 2. The number of aromatic hydroxyl groups is 1. The third kappa shape index (κ3) is 5.56. The molecule has 0 saturated carbocycles. The second kappa shape index (κ2) is 8.53. The van der Waals surface area contributed by atoms with Gasteiger partial charge in [-0.05, 0) is 24.7 Å². The van der Waals surface area contributed by atoms with Crippen LogP contribution >= 0.6 is 0 Å². The van der Waals surface area contributed by atoms with E-state index < -0.39 is 12.1 Å². The molecule has 0 saturated heterocycles. The maximum absolute atomic E-state index is 11.8. The number of hydrogen-bond donors (Lipinski definition) is 2. The Morgan fingerprint density at radius 2 is 1.74 bits per heavy atom. The van der Waals surface area contributed by atoms with Crippen LogP contribution in [0.25, 0.3) is 0 Å². The minimum atomic E-state index is -0.535. The minimum Gasteiger partial charge on any atom is -0.504 e. The summed E-state index contributed by atoms with van der Waals surface area (Å²) in [5.41, 5.74) is 0.637. The van der Waals surface area contributed by atoms with E-state index in [0.29, 0.717) is 12.1 Å². The fourth-order valence-corrected chi connectivity index (χ4v) is 1.73. The number of phenolic OH excluding ortho intramolecular Hbond substituents is 1. The Bertz CT molecular complexity index is 554. The average Bonchev–Trinajstić information content (AvgIpc) is 2.48. The molecule has 0 aliphatic carbocycles. The van der Waals surface area contributed by atoms with Crippen LogP contribution in [0.4, 0.5) is 0 Å². The summed E-state index contributed by atoms with van der Waals surface area (Å²) in [7, 11) is 1.75. The van der Waals surface area contributed by atoms with Gasteiger partial charge >= 0.3 is 11.9 Å². The molecule has 1 aromatic carbocycles. The third-order valence-corrected chi connectivity index (χ3v) is 3.16. The van der Waals surface area contributed by atoms with Gasteiger partial charge in [-0.25, -0.2) is 0 Å². The molecule has 0 radical (unpaired) electrons. The molecule has 1 aromatic rings. The monoisotopic (exact) mass is 323 g/mol. The number of ether oxygens (including phenoxy) is 2. The van der Waals surface area contributed by atoms with E-state index in [9.17, 15) is 14.7 Å². The average molecular weight is 323 g/mol. The van der Waals surface area contributed by atoms with Crippen molar-refractivity contribution in [2.45, 2.75) is 33.8 Å². The van der Waals surface area contributed by atoms with Gasteiger partial charge in [-0.3, -0.25) is 9.59 Å². The SMILES string of the molecule is CNCC(OC(=O)C(C)C)c1ccc(O)c(OC(=O)C(C)C)c1. The summed E-state index contributed by atoms with van der Waals surface area (Å²) in [4.78, 5) is 23.5. The Kier molecular flexibility index (Phi) is 7.03. The van der Waals surface area contributed by atoms with Crippen LogP contribution < -0.4 is 10.1 Å². The number of rotatable bonds is 7. The van der Waals surface area contributed by atoms with Crippen molar-refractivity contribution in [3.05, 3.63) is 23.8 Å². The van der Waals surface area contributed by atoms with Gasteiger partial charge in [0.2, 0.25) is 0 Å². The van der Waals surface area contributed by atoms with E-state index in [0.717, 1.165) is 0 Å². The van der Waals surface area contributed by atoms with E-state index >= 15 is 0 Å². The summed E-state index contributed by atoms with van der Waals surface area (Å²) in [6.45, 7) is 7.33. The van der Waals surface area contributed by atoms with Gasteiger partial charge in [-0.1, -0.05) is 33.8 Å². The first-order chi connectivity index (χ1) is 10.8. The lowest BCUT2D eigenvalue weighted by atomic mass is 10.1. The third-order valence-electron chi connectivity index (χ3n) is 3.16. The molecule has 0 aromatic heterocycles. The molecule has 1 atom stereocenters. The first-order valence-electron chi connectivity index (χ1n) is 7.66. The molecule has 0 heterocycles. The fourth-order valence-electron chi connectivity index (χ4n) is 1.73. The summed E-state index contributed by atoms with van der Waals surface area (Å²) in [6.07, 6.45) is -0.535. The maximum atomic E-state index is 11.8. The van der Waals surface area contributed by atoms with Crippen molar-refractivity contribution >= 4 is 11.9 Å². The van der Waals surface area contributed by atoms with Crippen LogP contribution in [0, 0.1) is 11.8 Å². The molecule has 0 spiro atoms. The molecule has 0 bridgehead atoms. The van der Waals surface area contributed by atoms with Gasteiger partial charge in [0.1, 0.15) is 6.10 Å². The maximum Gasteiger partial charge on any atom is 0.313 e. The zero-order chi connectivity index (χ0) is 17.6. The van der Waals surface area contributed by atoms with Gasteiger partial charge in [0.25, 0.3) is 0 Å². The zero-order valence-electron chi connectivity index (χ0n) is 14.3. The largest absolute Gasteiger partial charge is 0.504 e. The topological polar surface area (TPSA) is 84.9 Å². The molecule has 0 fully saturated rings. The second-order valence-corrected chi connectivity index (χ2v) is 5.94. The Morgan fingerprint density at radius 3 is 2.26 bits per heavy atom. The zero-order valence-corrected chi connectivity index (χ0v) is 14.3. The van der Waals surface area contributed by atoms with Gasteiger partial charge < -0.3 is 19.9 Å². The highest BCUT2D eigenvalue weighted by molar-refractivity contribution is 5.75. The van der Waals surface area contributed by atoms with Gasteiger partial charge in [0.05, 0.1) is 11.8 Å². The molecule has 128 valence electrons. The van der Waals surface area contributed by atoms with Gasteiger partial charge in [0, 0.05) is 6.54 Å². The molecule has 6 heteroatoms. The fraction of sp³-hybridized carbons (Fsp3) is 0.529. The van der Waals surface area contributed by atoms with E-state index in [1.54, 1.807) is 40.8 Å². The van der Waals surface area contributed by atoms with E-state index in [1.807, 2.05) is 0 Å². The number of hydrogen-bond acceptors (Lipinski definition) is 6. The van der Waals surface area contributed by atoms with Crippen LogP contribution in [0.2, 0.25) is 0 Å². The van der Waals surface area contributed by atoms with Crippen molar-refractivity contribution in [1.82, 2.24) is 5.32 Å². The highest BCUT2D eigenvalue weighted by atomic mass is 16.5. The van der Waals surface area contributed by atoms with Crippen molar-refractivity contribution in [2.75, 3.05) is 13.6 Å². The molecule has 6 nitrogen and oxygen atoms in total. The first-order valence-corrected chi connectivity index (χ1v) is 7.66. The lowest BCUT2D eigenvalue weighted by Crippen LogP contribution is -2.24. The van der Waals surface area contributed by atoms with Crippen molar-refractivity contribution in [1.29, 1.82) is 0 Å². The van der Waals surface area contributed by atoms with Crippen LogP contribution in [0.5, 0.6) is 11.5 Å². The molecule has 1 unspecified atom stereocenters. The summed E-state index contributed by atoms with van der Waals surface area (Å²) >= 11 is 0. The van der Waals surface area contributed by atoms with Crippen molar-refractivity contribution in [2.24, 2.45) is 11.8 Å². The van der Waals surface area contributed by atoms with E-state index in [-0.39, 0.29) is 29.3 Å². The van der Waals surface area contributed by atoms with Gasteiger partial charge in [-0.2, -0.15) is 0 Å². The number of benzene rings is 1. The normalized spacial score (nSPS) is 12.3. The smallest absolute Gasteiger partial charge is 0.313 e. The summed E-state index contributed by atoms with van der Waals surface area (Å²) < 4.78 is 10.6. The number of nitrogens with one attached hydrogen (secondary N) is 1. The molecular weight excluding hydrogens is 298 g/mol. The molecular formula is C17H25NO5. The molecule has 23 heavy (non-hydrogen) atoms. The number of carbonyl (C=O) groups is 2. The Labute approximate surface area is 136 Å². The lowest BCUT2D eigenvalue weighted by Gasteiger charge is -2.20. The second-order valence-electron chi connectivity index (χ2n) is 5.94. The summed E-state index contributed by atoms with van der Waals surface area (Å²) in [5, 5.41) is 12.8. The van der Waals surface area contributed by atoms with Crippen LogP contribution in [0.15, 0.2) is 18.2 Å². The Balaban J connectivity index is 3.03.